The number of hydrogen-bond acceptors (Lipinski definition) is 3. The smallest absolute Gasteiger partial charge is 0.333 e. The Bertz CT molecular complexity index is 450. The molecule has 0 atom stereocenters. The summed E-state index contributed by atoms with van der Waals surface area (Å²) in [4.78, 5) is 12.7. The molecule has 0 bridgehead atoms. The highest BCUT2D eigenvalue weighted by Gasteiger charge is 2.06. The van der Waals surface area contributed by atoms with Crippen molar-refractivity contribution < 1.29 is 9.53 Å². The molecule has 3 heteroatoms. The van der Waals surface area contributed by atoms with E-state index in [1.165, 1.54) is 23.1 Å². The maximum atomic E-state index is 11.4. The van der Waals surface area contributed by atoms with Crippen LogP contribution in [0.1, 0.15) is 24.5 Å². The molecule has 0 aromatic heterocycles. The normalized spacial score (nSPS) is 11.4. The van der Waals surface area contributed by atoms with Gasteiger partial charge in [-0.3, -0.25) is 0 Å². The fraction of sp³-hybridized carbons (Fsp3) is 0.400. The van der Waals surface area contributed by atoms with E-state index in [0.29, 0.717) is 6.42 Å². The number of carbonyl (C=O) groups is 1. The molecule has 0 heterocycles. The van der Waals surface area contributed by atoms with Gasteiger partial charge < -0.3 is 4.74 Å². The third-order valence-electron chi connectivity index (χ3n) is 2.73. The number of thioether (sulfide) groups is 1. The van der Waals surface area contributed by atoms with E-state index in [9.17, 15) is 4.79 Å². The lowest BCUT2D eigenvalue weighted by molar-refractivity contribution is -0.136. The molecule has 2 nitrogen and oxygen atoms in total. The Morgan fingerprint density at radius 2 is 2.11 bits per heavy atom. The Hall–Kier alpha value is -1.22. The van der Waals surface area contributed by atoms with Gasteiger partial charge in [0.1, 0.15) is 0 Å². The van der Waals surface area contributed by atoms with Crippen molar-refractivity contribution in [1.29, 1.82) is 0 Å². The predicted octanol–water partition coefficient (Wildman–Crippen LogP) is 3.90. The lowest BCUT2D eigenvalue weighted by Crippen LogP contribution is -2.04. The van der Waals surface area contributed by atoms with Gasteiger partial charge in [-0.05, 0) is 31.9 Å². The molecule has 0 amide bonds. The van der Waals surface area contributed by atoms with E-state index in [4.69, 9.17) is 4.74 Å². The molecule has 0 fully saturated rings. The minimum absolute atomic E-state index is 0.223. The number of benzene rings is 1. The molecule has 18 heavy (non-hydrogen) atoms. The quantitative estimate of drug-likeness (QED) is 0.458. The van der Waals surface area contributed by atoms with Crippen LogP contribution in [0.5, 0.6) is 0 Å². The van der Waals surface area contributed by atoms with Gasteiger partial charge in [0.2, 0.25) is 0 Å². The zero-order chi connectivity index (χ0) is 13.5. The van der Waals surface area contributed by atoms with Crippen molar-refractivity contribution >= 4 is 17.7 Å². The molecule has 1 aromatic carbocycles. The maximum Gasteiger partial charge on any atom is 0.333 e. The summed E-state index contributed by atoms with van der Waals surface area (Å²) in [6.45, 7) is 6.17. The molecule has 0 N–H and O–H groups in total. The fourth-order valence-corrected chi connectivity index (χ4v) is 2.61. The second kappa shape index (κ2) is 7.27. The molecule has 1 rings (SSSR count). The van der Waals surface area contributed by atoms with Crippen LogP contribution in [-0.2, 0) is 9.53 Å². The first-order valence-corrected chi connectivity index (χ1v) is 7.04. The standard InChI is InChI=1S/C15H20O2S/c1-5-13(15(16)17-4)8-9-18-14-7-6-11(2)10-12(14)3/h6-8,10H,5,9H2,1-4H3. The van der Waals surface area contributed by atoms with Crippen molar-refractivity contribution in [3.8, 4) is 0 Å². The van der Waals surface area contributed by atoms with Crippen LogP contribution in [0, 0.1) is 13.8 Å². The number of esters is 1. The molecular weight excluding hydrogens is 244 g/mol. The van der Waals surface area contributed by atoms with Gasteiger partial charge >= 0.3 is 5.97 Å². The van der Waals surface area contributed by atoms with E-state index >= 15 is 0 Å². The molecule has 0 saturated heterocycles. The summed E-state index contributed by atoms with van der Waals surface area (Å²) in [6, 6.07) is 6.42. The van der Waals surface area contributed by atoms with Crippen LogP contribution in [0.3, 0.4) is 0 Å². The number of aryl methyl sites for hydroxylation is 2. The highest BCUT2D eigenvalue weighted by molar-refractivity contribution is 7.99. The summed E-state index contributed by atoms with van der Waals surface area (Å²) in [7, 11) is 1.42. The largest absolute Gasteiger partial charge is 0.466 e. The number of hydrogen-bond donors (Lipinski definition) is 0. The Kier molecular flexibility index (Phi) is 5.99. The van der Waals surface area contributed by atoms with Gasteiger partial charge in [-0.2, -0.15) is 0 Å². The Morgan fingerprint density at radius 1 is 1.39 bits per heavy atom. The molecule has 0 aliphatic carbocycles. The second-order valence-corrected chi connectivity index (χ2v) is 5.22. The van der Waals surface area contributed by atoms with Gasteiger partial charge in [-0.1, -0.05) is 30.7 Å². The van der Waals surface area contributed by atoms with Crippen LogP contribution < -0.4 is 0 Å². The molecular formula is C15H20O2S. The predicted molar refractivity (Wildman–Crippen MR) is 77.0 cm³/mol. The average Bonchev–Trinajstić information content (AvgIpc) is 2.36. The number of ether oxygens (including phenoxy) is 1. The van der Waals surface area contributed by atoms with Gasteiger partial charge in [0, 0.05) is 16.2 Å². The first-order valence-electron chi connectivity index (χ1n) is 6.05. The summed E-state index contributed by atoms with van der Waals surface area (Å²) >= 11 is 1.74. The van der Waals surface area contributed by atoms with Gasteiger partial charge in [0.25, 0.3) is 0 Å². The Balaban J connectivity index is 2.65. The van der Waals surface area contributed by atoms with E-state index in [1.54, 1.807) is 11.8 Å². The molecule has 0 radical (unpaired) electrons. The monoisotopic (exact) mass is 264 g/mol. The number of methoxy groups -OCH3 is 1. The highest BCUT2D eigenvalue weighted by atomic mass is 32.2. The van der Waals surface area contributed by atoms with Crippen LogP contribution in [0.15, 0.2) is 34.7 Å². The van der Waals surface area contributed by atoms with Crippen LogP contribution in [0.25, 0.3) is 0 Å². The van der Waals surface area contributed by atoms with Crippen molar-refractivity contribution in [3.05, 3.63) is 41.0 Å². The minimum Gasteiger partial charge on any atom is -0.466 e. The van der Waals surface area contributed by atoms with Crippen LogP contribution in [0.4, 0.5) is 0 Å². The summed E-state index contributed by atoms with van der Waals surface area (Å²) in [6.07, 6.45) is 2.66. The van der Waals surface area contributed by atoms with E-state index in [0.717, 1.165) is 11.3 Å². The molecule has 0 aliphatic heterocycles. The highest BCUT2D eigenvalue weighted by Crippen LogP contribution is 2.23. The van der Waals surface area contributed by atoms with E-state index in [1.807, 2.05) is 13.0 Å². The van der Waals surface area contributed by atoms with Crippen molar-refractivity contribution in [1.82, 2.24) is 0 Å². The van der Waals surface area contributed by atoms with Crippen LogP contribution in [-0.4, -0.2) is 18.8 Å². The summed E-state index contributed by atoms with van der Waals surface area (Å²) < 4.78 is 4.73. The summed E-state index contributed by atoms with van der Waals surface area (Å²) in [5.74, 6) is 0.570. The molecule has 98 valence electrons. The zero-order valence-electron chi connectivity index (χ0n) is 11.4. The molecule has 1 aromatic rings. The van der Waals surface area contributed by atoms with Crippen LogP contribution in [0.2, 0.25) is 0 Å². The van der Waals surface area contributed by atoms with Crippen molar-refractivity contribution in [2.45, 2.75) is 32.1 Å². The first kappa shape index (κ1) is 14.8. The Labute approximate surface area is 113 Å². The van der Waals surface area contributed by atoms with Crippen LogP contribution >= 0.6 is 11.8 Å². The third-order valence-corrected chi connectivity index (χ3v) is 3.83. The lowest BCUT2D eigenvalue weighted by Gasteiger charge is -2.06. The zero-order valence-corrected chi connectivity index (χ0v) is 12.3. The second-order valence-electron chi connectivity index (χ2n) is 4.15. The Morgan fingerprint density at radius 3 is 2.67 bits per heavy atom. The number of rotatable bonds is 5. The minimum atomic E-state index is -0.223. The van der Waals surface area contributed by atoms with Gasteiger partial charge in [-0.25, -0.2) is 4.79 Å². The first-order chi connectivity index (χ1) is 8.58. The topological polar surface area (TPSA) is 26.3 Å². The fourth-order valence-electron chi connectivity index (χ4n) is 1.70. The van der Waals surface area contributed by atoms with Gasteiger partial charge in [-0.15, -0.1) is 11.8 Å². The van der Waals surface area contributed by atoms with Crippen molar-refractivity contribution in [2.75, 3.05) is 12.9 Å². The van der Waals surface area contributed by atoms with Gasteiger partial charge in [0.05, 0.1) is 7.11 Å². The summed E-state index contributed by atoms with van der Waals surface area (Å²) in [5.41, 5.74) is 3.30. The third kappa shape index (κ3) is 4.22. The summed E-state index contributed by atoms with van der Waals surface area (Å²) in [5, 5.41) is 0. The lowest BCUT2D eigenvalue weighted by atomic mass is 10.2. The van der Waals surface area contributed by atoms with E-state index in [-0.39, 0.29) is 5.97 Å². The van der Waals surface area contributed by atoms with Crippen molar-refractivity contribution in [2.24, 2.45) is 0 Å². The maximum absolute atomic E-state index is 11.4. The van der Waals surface area contributed by atoms with E-state index in [2.05, 4.69) is 32.0 Å². The number of carbonyl (C=O) groups excluding carboxylic acids is 1. The molecule has 0 saturated carbocycles. The molecule has 0 aliphatic rings. The molecule has 0 unspecified atom stereocenters. The van der Waals surface area contributed by atoms with Gasteiger partial charge in [0.15, 0.2) is 0 Å². The van der Waals surface area contributed by atoms with Crippen molar-refractivity contribution in [3.63, 3.8) is 0 Å². The average molecular weight is 264 g/mol. The molecule has 0 spiro atoms. The van der Waals surface area contributed by atoms with E-state index < -0.39 is 0 Å². The SMILES string of the molecule is CCC(=CCSc1ccc(C)cc1C)C(=O)OC.